The minimum atomic E-state index is -3.86. The van der Waals surface area contributed by atoms with E-state index >= 15 is 0 Å². The minimum absolute atomic E-state index is 0.0580. The number of benzene rings is 1. The van der Waals surface area contributed by atoms with Crippen molar-refractivity contribution in [3.8, 4) is 5.69 Å². The van der Waals surface area contributed by atoms with Gasteiger partial charge in [-0.1, -0.05) is 18.2 Å². The number of rotatable bonds is 11. The number of hydrogen-bond donors (Lipinski definition) is 0. The molecule has 0 radical (unpaired) electrons. The standard InChI is InChI=1S/C27H29N5O4S/c1-21(2)36-27(33)14-11-23-6-3-7-24(30-23)20-31(37(34,35)26-8-4-15-28-18-26)19-22-9-12-25(13-10-22)32-17-5-16-29-32/h3-10,12-13,15-18,21H,11,14,19-20H2,1-2H3. The molecule has 37 heavy (non-hydrogen) atoms. The number of aromatic nitrogens is 4. The molecule has 0 aliphatic carbocycles. The van der Waals surface area contributed by atoms with Gasteiger partial charge in [-0.3, -0.25) is 14.8 Å². The van der Waals surface area contributed by atoms with Crippen LogP contribution in [0.25, 0.3) is 5.69 Å². The maximum atomic E-state index is 13.6. The number of carbonyl (C=O) groups excluding carboxylic acids is 1. The van der Waals surface area contributed by atoms with Crippen molar-refractivity contribution < 1.29 is 17.9 Å². The van der Waals surface area contributed by atoms with E-state index in [0.717, 1.165) is 11.3 Å². The van der Waals surface area contributed by atoms with E-state index in [9.17, 15) is 13.2 Å². The Hall–Kier alpha value is -3.89. The lowest BCUT2D eigenvalue weighted by Crippen LogP contribution is -2.30. The highest BCUT2D eigenvalue weighted by molar-refractivity contribution is 7.89. The third-order valence-corrected chi connectivity index (χ3v) is 7.27. The molecule has 3 aromatic heterocycles. The summed E-state index contributed by atoms with van der Waals surface area (Å²) in [5.41, 5.74) is 2.97. The van der Waals surface area contributed by atoms with Gasteiger partial charge in [-0.2, -0.15) is 9.40 Å². The predicted molar refractivity (Wildman–Crippen MR) is 138 cm³/mol. The van der Waals surface area contributed by atoms with Crippen LogP contribution in [0, 0.1) is 0 Å². The Morgan fingerprint density at radius 1 is 0.973 bits per heavy atom. The molecule has 0 bridgehead atoms. The van der Waals surface area contributed by atoms with Crippen molar-refractivity contribution in [2.45, 2.75) is 50.8 Å². The van der Waals surface area contributed by atoms with E-state index in [4.69, 9.17) is 4.74 Å². The zero-order valence-electron chi connectivity index (χ0n) is 20.8. The summed E-state index contributed by atoms with van der Waals surface area (Å²) in [7, 11) is -3.86. The van der Waals surface area contributed by atoms with Gasteiger partial charge in [0.15, 0.2) is 0 Å². The summed E-state index contributed by atoms with van der Waals surface area (Å²) >= 11 is 0. The maximum absolute atomic E-state index is 13.6. The van der Waals surface area contributed by atoms with Crippen LogP contribution in [-0.4, -0.2) is 44.5 Å². The third-order valence-electron chi connectivity index (χ3n) is 5.49. The van der Waals surface area contributed by atoms with Gasteiger partial charge in [-0.05, 0) is 61.9 Å². The molecule has 192 valence electrons. The quantitative estimate of drug-likeness (QED) is 0.276. The SMILES string of the molecule is CC(C)OC(=O)CCc1cccc(CN(Cc2ccc(-n3cccn3)cc2)S(=O)(=O)c2cccnc2)n1. The lowest BCUT2D eigenvalue weighted by Gasteiger charge is -2.22. The first kappa shape index (κ1) is 26.2. The van der Waals surface area contributed by atoms with Crippen LogP contribution in [-0.2, 0) is 39.1 Å². The predicted octanol–water partition coefficient (Wildman–Crippen LogP) is 3.94. The molecule has 4 aromatic rings. The number of nitrogens with zero attached hydrogens (tertiary/aromatic N) is 5. The van der Waals surface area contributed by atoms with Crippen LogP contribution in [0.5, 0.6) is 0 Å². The fourth-order valence-corrected chi connectivity index (χ4v) is 5.11. The van der Waals surface area contributed by atoms with E-state index in [-0.39, 0.29) is 36.5 Å². The second kappa shape index (κ2) is 11.9. The van der Waals surface area contributed by atoms with Crippen LogP contribution in [0.15, 0.2) is 90.3 Å². The summed E-state index contributed by atoms with van der Waals surface area (Å²) in [6.45, 7) is 3.81. The Kier molecular flexibility index (Phi) is 8.42. The second-order valence-electron chi connectivity index (χ2n) is 8.74. The number of hydrogen-bond acceptors (Lipinski definition) is 7. The number of pyridine rings is 2. The van der Waals surface area contributed by atoms with Gasteiger partial charge in [0, 0.05) is 43.4 Å². The molecule has 0 atom stereocenters. The van der Waals surface area contributed by atoms with Gasteiger partial charge in [0.1, 0.15) is 4.90 Å². The molecule has 0 saturated carbocycles. The number of esters is 1. The molecule has 0 aliphatic heterocycles. The topological polar surface area (TPSA) is 107 Å². The van der Waals surface area contributed by atoms with Gasteiger partial charge < -0.3 is 4.74 Å². The normalized spacial score (nSPS) is 11.7. The van der Waals surface area contributed by atoms with Crippen molar-refractivity contribution in [1.29, 1.82) is 0 Å². The van der Waals surface area contributed by atoms with Gasteiger partial charge in [0.25, 0.3) is 0 Å². The summed E-state index contributed by atoms with van der Waals surface area (Å²) in [5.74, 6) is -0.290. The van der Waals surface area contributed by atoms with Gasteiger partial charge in [0.2, 0.25) is 10.0 Å². The van der Waals surface area contributed by atoms with Crippen LogP contribution in [0.3, 0.4) is 0 Å². The van der Waals surface area contributed by atoms with Crippen LogP contribution >= 0.6 is 0 Å². The Morgan fingerprint density at radius 3 is 2.43 bits per heavy atom. The molecular formula is C27H29N5O4S. The lowest BCUT2D eigenvalue weighted by atomic mass is 10.2. The molecular weight excluding hydrogens is 490 g/mol. The second-order valence-corrected chi connectivity index (χ2v) is 10.7. The molecule has 3 heterocycles. The van der Waals surface area contributed by atoms with Crippen molar-refractivity contribution in [1.82, 2.24) is 24.1 Å². The largest absolute Gasteiger partial charge is 0.463 e. The Bertz CT molecular complexity index is 1410. The molecule has 0 aliphatic rings. The Labute approximate surface area is 216 Å². The number of sulfonamides is 1. The number of carbonyl (C=O) groups is 1. The van der Waals surface area contributed by atoms with E-state index in [2.05, 4.69) is 15.1 Å². The minimum Gasteiger partial charge on any atom is -0.463 e. The average molecular weight is 520 g/mol. The zero-order chi connectivity index (χ0) is 26.3. The van der Waals surface area contributed by atoms with E-state index in [1.165, 1.54) is 22.8 Å². The fraction of sp³-hybridized carbons (Fsp3) is 0.259. The number of ether oxygens (including phenoxy) is 1. The van der Waals surface area contributed by atoms with Crippen LogP contribution in [0.1, 0.15) is 37.2 Å². The monoisotopic (exact) mass is 519 g/mol. The van der Waals surface area contributed by atoms with Gasteiger partial charge in [0.05, 0.1) is 30.5 Å². The van der Waals surface area contributed by atoms with E-state index in [1.54, 1.807) is 36.9 Å². The van der Waals surface area contributed by atoms with E-state index in [0.29, 0.717) is 17.8 Å². The lowest BCUT2D eigenvalue weighted by molar-refractivity contribution is -0.147. The fourth-order valence-electron chi connectivity index (χ4n) is 3.74. The van der Waals surface area contributed by atoms with Crippen molar-refractivity contribution in [2.75, 3.05) is 0 Å². The highest BCUT2D eigenvalue weighted by Gasteiger charge is 2.26. The van der Waals surface area contributed by atoms with Gasteiger partial charge >= 0.3 is 5.97 Å². The smallest absolute Gasteiger partial charge is 0.306 e. The summed E-state index contributed by atoms with van der Waals surface area (Å²) in [5, 5.41) is 4.23. The molecule has 0 spiro atoms. The van der Waals surface area contributed by atoms with Crippen LogP contribution < -0.4 is 0 Å². The van der Waals surface area contributed by atoms with Crippen molar-refractivity contribution >= 4 is 16.0 Å². The molecule has 1 aromatic carbocycles. The molecule has 0 saturated heterocycles. The van der Waals surface area contributed by atoms with Crippen LogP contribution in [0.4, 0.5) is 0 Å². The number of aryl methyl sites for hydroxylation is 1. The average Bonchev–Trinajstić information content (AvgIpc) is 3.43. The van der Waals surface area contributed by atoms with Gasteiger partial charge in [-0.15, -0.1) is 0 Å². The van der Waals surface area contributed by atoms with Gasteiger partial charge in [-0.25, -0.2) is 13.1 Å². The molecule has 10 heteroatoms. The third kappa shape index (κ3) is 7.08. The van der Waals surface area contributed by atoms with Crippen molar-refractivity contribution in [3.63, 3.8) is 0 Å². The highest BCUT2D eigenvalue weighted by Crippen LogP contribution is 2.21. The Morgan fingerprint density at radius 2 is 1.76 bits per heavy atom. The molecule has 0 amide bonds. The first-order valence-corrected chi connectivity index (χ1v) is 13.4. The summed E-state index contributed by atoms with van der Waals surface area (Å²) in [6.07, 6.45) is 6.85. The first-order chi connectivity index (χ1) is 17.8. The maximum Gasteiger partial charge on any atom is 0.306 e. The summed E-state index contributed by atoms with van der Waals surface area (Å²) in [4.78, 5) is 20.6. The Balaban J connectivity index is 1.56. The first-order valence-electron chi connectivity index (χ1n) is 11.9. The molecule has 0 unspecified atom stereocenters. The molecule has 9 nitrogen and oxygen atoms in total. The zero-order valence-corrected chi connectivity index (χ0v) is 21.6. The summed E-state index contributed by atoms with van der Waals surface area (Å²) < 4.78 is 35.5. The molecule has 4 rings (SSSR count). The van der Waals surface area contributed by atoms with E-state index in [1.807, 2.05) is 48.7 Å². The highest BCUT2D eigenvalue weighted by atomic mass is 32.2. The van der Waals surface area contributed by atoms with Crippen LogP contribution in [0.2, 0.25) is 0 Å². The van der Waals surface area contributed by atoms with Crippen molar-refractivity contribution in [2.24, 2.45) is 0 Å². The molecule has 0 fully saturated rings. The van der Waals surface area contributed by atoms with E-state index < -0.39 is 10.0 Å². The summed E-state index contributed by atoms with van der Waals surface area (Å²) in [6, 6.07) is 17.9. The molecule has 0 N–H and O–H groups in total. The van der Waals surface area contributed by atoms with Crippen molar-refractivity contribution in [3.05, 3.63) is 102 Å².